The first kappa shape index (κ1) is 15.6. The van der Waals surface area contributed by atoms with E-state index in [9.17, 15) is 4.79 Å². The van der Waals surface area contributed by atoms with Crippen LogP contribution in [0.5, 0.6) is 0 Å². The Labute approximate surface area is 128 Å². The van der Waals surface area contributed by atoms with Crippen LogP contribution in [0.2, 0.25) is 0 Å². The van der Waals surface area contributed by atoms with Crippen LogP contribution in [0.1, 0.15) is 37.0 Å². The molecular weight excluding hydrogens is 282 g/mol. The number of tetrazole rings is 1. The van der Waals surface area contributed by atoms with Crippen molar-refractivity contribution in [3.8, 4) is 17.5 Å². The van der Waals surface area contributed by atoms with Gasteiger partial charge in [0.2, 0.25) is 5.82 Å². The Hall–Kier alpha value is -2.75. The number of rotatable bonds is 6. The molecule has 0 spiro atoms. The highest BCUT2D eigenvalue weighted by atomic mass is 16.5. The molecule has 0 aliphatic rings. The number of carbonyl (C=O) groups excluding carboxylic acids is 1. The maximum atomic E-state index is 11.9. The van der Waals surface area contributed by atoms with Crippen LogP contribution >= 0.6 is 0 Å². The minimum Gasteiger partial charge on any atom is -0.459 e. The number of nitriles is 1. The second kappa shape index (κ2) is 7.31. The highest BCUT2D eigenvalue weighted by Crippen LogP contribution is 2.16. The van der Waals surface area contributed by atoms with Crippen LogP contribution in [0.4, 0.5) is 0 Å². The zero-order chi connectivity index (χ0) is 15.9. The molecule has 22 heavy (non-hydrogen) atoms. The summed E-state index contributed by atoms with van der Waals surface area (Å²) >= 11 is 0. The number of hydrogen-bond acceptors (Lipinski definition) is 6. The van der Waals surface area contributed by atoms with E-state index in [-0.39, 0.29) is 12.1 Å². The van der Waals surface area contributed by atoms with Gasteiger partial charge in [-0.3, -0.25) is 0 Å². The second-order valence-corrected chi connectivity index (χ2v) is 5.01. The number of benzene rings is 1. The third-order valence-electron chi connectivity index (χ3n) is 2.80. The Kier molecular flexibility index (Phi) is 5.20. The zero-order valence-corrected chi connectivity index (χ0v) is 12.6. The molecular formula is C15H17N5O2. The average Bonchev–Trinajstić information content (AvgIpc) is 2.96. The Morgan fingerprint density at radius 1 is 1.45 bits per heavy atom. The van der Waals surface area contributed by atoms with E-state index in [1.54, 1.807) is 32.0 Å². The van der Waals surface area contributed by atoms with Gasteiger partial charge in [0.05, 0.1) is 24.3 Å². The molecule has 114 valence electrons. The Bertz CT molecular complexity index is 687. The van der Waals surface area contributed by atoms with Crippen LogP contribution in [0.25, 0.3) is 11.4 Å². The molecule has 0 saturated carbocycles. The van der Waals surface area contributed by atoms with Crippen molar-refractivity contribution < 1.29 is 9.53 Å². The fourth-order valence-corrected chi connectivity index (χ4v) is 1.82. The van der Waals surface area contributed by atoms with Crippen molar-refractivity contribution >= 4 is 5.97 Å². The second-order valence-electron chi connectivity index (χ2n) is 5.01. The lowest BCUT2D eigenvalue weighted by Crippen LogP contribution is -2.11. The van der Waals surface area contributed by atoms with Crippen LogP contribution in [0, 0.1) is 11.3 Å². The van der Waals surface area contributed by atoms with Gasteiger partial charge < -0.3 is 4.74 Å². The topological polar surface area (TPSA) is 93.7 Å². The smallest absolute Gasteiger partial charge is 0.338 e. The minimum atomic E-state index is -0.377. The van der Waals surface area contributed by atoms with Gasteiger partial charge in [-0.15, -0.1) is 10.2 Å². The van der Waals surface area contributed by atoms with Crippen molar-refractivity contribution in [2.45, 2.75) is 39.3 Å². The maximum absolute atomic E-state index is 11.9. The molecule has 1 heterocycles. The highest BCUT2D eigenvalue weighted by Gasteiger charge is 2.12. The van der Waals surface area contributed by atoms with Gasteiger partial charge >= 0.3 is 5.97 Å². The molecule has 0 bridgehead atoms. The minimum absolute atomic E-state index is 0.171. The van der Waals surface area contributed by atoms with Gasteiger partial charge in [-0.1, -0.05) is 12.1 Å². The first-order valence-electron chi connectivity index (χ1n) is 7.06. The molecule has 0 aliphatic heterocycles. The highest BCUT2D eigenvalue weighted by molar-refractivity contribution is 5.90. The van der Waals surface area contributed by atoms with Crippen LogP contribution in [0.15, 0.2) is 24.3 Å². The van der Waals surface area contributed by atoms with E-state index in [2.05, 4.69) is 21.5 Å². The van der Waals surface area contributed by atoms with E-state index in [1.165, 1.54) is 4.80 Å². The standard InChI is InChI=1S/C15H17N5O2/c1-11(2)22-15(21)13-7-5-6-12(10-13)14-17-19-20(18-14)9-4-3-8-16/h5-7,10-11H,3-4,9H2,1-2H3. The number of unbranched alkanes of at least 4 members (excludes halogenated alkanes) is 1. The van der Waals surface area contributed by atoms with E-state index in [0.717, 1.165) is 0 Å². The molecule has 0 saturated heterocycles. The number of hydrogen-bond donors (Lipinski definition) is 0. The molecule has 2 aromatic rings. The van der Waals surface area contributed by atoms with E-state index >= 15 is 0 Å². The van der Waals surface area contributed by atoms with E-state index in [0.29, 0.717) is 36.3 Å². The molecule has 1 aromatic carbocycles. The molecule has 0 unspecified atom stereocenters. The van der Waals surface area contributed by atoms with E-state index < -0.39 is 0 Å². The van der Waals surface area contributed by atoms with Crippen LogP contribution in [-0.2, 0) is 11.3 Å². The van der Waals surface area contributed by atoms with Crippen LogP contribution in [-0.4, -0.2) is 32.3 Å². The normalized spacial score (nSPS) is 10.5. The third-order valence-corrected chi connectivity index (χ3v) is 2.80. The van der Waals surface area contributed by atoms with Crippen molar-refractivity contribution in [2.24, 2.45) is 0 Å². The van der Waals surface area contributed by atoms with Gasteiger partial charge in [0.15, 0.2) is 0 Å². The number of carbonyl (C=O) groups is 1. The van der Waals surface area contributed by atoms with Gasteiger partial charge in [0, 0.05) is 12.0 Å². The number of nitrogens with zero attached hydrogens (tertiary/aromatic N) is 5. The van der Waals surface area contributed by atoms with Gasteiger partial charge in [0.1, 0.15) is 0 Å². The number of aromatic nitrogens is 4. The fourth-order valence-electron chi connectivity index (χ4n) is 1.82. The van der Waals surface area contributed by atoms with Crippen molar-refractivity contribution in [1.29, 1.82) is 5.26 Å². The average molecular weight is 299 g/mol. The monoisotopic (exact) mass is 299 g/mol. The molecule has 0 radical (unpaired) electrons. The summed E-state index contributed by atoms with van der Waals surface area (Å²) in [6.07, 6.45) is 0.954. The summed E-state index contributed by atoms with van der Waals surface area (Å²) in [5.74, 6) is 0.0643. The molecule has 0 fully saturated rings. The summed E-state index contributed by atoms with van der Waals surface area (Å²) < 4.78 is 5.17. The van der Waals surface area contributed by atoms with Crippen LogP contribution in [0.3, 0.4) is 0 Å². The summed E-state index contributed by atoms with van der Waals surface area (Å²) in [5, 5.41) is 20.7. The Morgan fingerprint density at radius 2 is 2.27 bits per heavy atom. The Balaban J connectivity index is 2.12. The number of ether oxygens (including phenoxy) is 1. The van der Waals surface area contributed by atoms with E-state index in [1.807, 2.05) is 6.07 Å². The molecule has 2 rings (SSSR count). The van der Waals surface area contributed by atoms with Crippen molar-refractivity contribution in [3.05, 3.63) is 29.8 Å². The molecule has 1 aromatic heterocycles. The largest absolute Gasteiger partial charge is 0.459 e. The van der Waals surface area contributed by atoms with Gasteiger partial charge in [-0.25, -0.2) is 4.79 Å². The van der Waals surface area contributed by atoms with Crippen molar-refractivity contribution in [2.75, 3.05) is 0 Å². The molecule has 7 nitrogen and oxygen atoms in total. The molecule has 0 aliphatic carbocycles. The van der Waals surface area contributed by atoms with Gasteiger partial charge in [0.25, 0.3) is 0 Å². The van der Waals surface area contributed by atoms with E-state index in [4.69, 9.17) is 10.00 Å². The lowest BCUT2D eigenvalue weighted by molar-refractivity contribution is 0.0378. The zero-order valence-electron chi connectivity index (χ0n) is 12.6. The van der Waals surface area contributed by atoms with Crippen molar-refractivity contribution in [3.63, 3.8) is 0 Å². The first-order chi connectivity index (χ1) is 10.6. The lowest BCUT2D eigenvalue weighted by Gasteiger charge is -2.08. The predicted octanol–water partition coefficient (Wildman–Crippen LogP) is 2.21. The SMILES string of the molecule is CC(C)OC(=O)c1cccc(-c2nnn(CCCC#N)n2)c1. The quantitative estimate of drug-likeness (QED) is 0.599. The first-order valence-corrected chi connectivity index (χ1v) is 7.06. The maximum Gasteiger partial charge on any atom is 0.338 e. The molecule has 0 N–H and O–H groups in total. The summed E-state index contributed by atoms with van der Waals surface area (Å²) in [5.41, 5.74) is 1.15. The molecule has 7 heteroatoms. The molecule has 0 amide bonds. The van der Waals surface area contributed by atoms with Crippen molar-refractivity contribution in [1.82, 2.24) is 20.2 Å². The number of esters is 1. The summed E-state index contributed by atoms with van der Waals surface area (Å²) in [6.45, 7) is 4.14. The third kappa shape index (κ3) is 4.12. The molecule has 0 atom stereocenters. The van der Waals surface area contributed by atoms with Gasteiger partial charge in [-0.2, -0.15) is 10.1 Å². The van der Waals surface area contributed by atoms with Gasteiger partial charge in [-0.05, 0) is 37.6 Å². The summed E-state index contributed by atoms with van der Waals surface area (Å²) in [7, 11) is 0. The Morgan fingerprint density at radius 3 is 3.00 bits per heavy atom. The fraction of sp³-hybridized carbons (Fsp3) is 0.400. The summed E-state index contributed by atoms with van der Waals surface area (Å²) in [4.78, 5) is 13.4. The van der Waals surface area contributed by atoms with Crippen LogP contribution < -0.4 is 0 Å². The predicted molar refractivity (Wildman–Crippen MR) is 78.7 cm³/mol. The lowest BCUT2D eigenvalue weighted by atomic mass is 10.1. The number of aryl methyl sites for hydroxylation is 1. The summed E-state index contributed by atoms with van der Waals surface area (Å²) in [6, 6.07) is 9.00.